The molecule has 0 unspecified atom stereocenters. The van der Waals surface area contributed by atoms with Gasteiger partial charge in [-0.05, 0) is 43.2 Å². The molecule has 0 atom stereocenters. The molecular formula is C21H23N3O2. The Morgan fingerprint density at radius 1 is 1.08 bits per heavy atom. The standard InChI is InChI=1S/C21H23N3O2/c1-3-13-26-18-11-9-17(10-12-18)23-21-22-15(2)19(20(25)24-21)14-16-7-5-4-6-8-16/h4-12H,3,13-14H2,1-2H3,(H2,22,23,24,25). The molecule has 5 heteroatoms. The second kappa shape index (κ2) is 8.34. The predicted octanol–water partition coefficient (Wildman–Crippen LogP) is 4.20. The van der Waals surface area contributed by atoms with Crippen LogP contribution in [0.3, 0.4) is 0 Å². The molecule has 3 aromatic rings. The summed E-state index contributed by atoms with van der Waals surface area (Å²) in [7, 11) is 0. The normalized spacial score (nSPS) is 10.5. The fourth-order valence-corrected chi connectivity index (χ4v) is 2.67. The van der Waals surface area contributed by atoms with Crippen LogP contribution >= 0.6 is 0 Å². The zero-order valence-electron chi connectivity index (χ0n) is 15.1. The van der Waals surface area contributed by atoms with Crippen molar-refractivity contribution in [3.63, 3.8) is 0 Å². The molecule has 0 amide bonds. The second-order valence-corrected chi connectivity index (χ2v) is 6.14. The molecule has 0 radical (unpaired) electrons. The van der Waals surface area contributed by atoms with Gasteiger partial charge >= 0.3 is 0 Å². The number of benzene rings is 2. The number of rotatable bonds is 7. The van der Waals surface area contributed by atoms with Gasteiger partial charge in [0.05, 0.1) is 12.3 Å². The number of nitrogens with zero attached hydrogens (tertiary/aromatic N) is 1. The Kier molecular flexibility index (Phi) is 5.69. The summed E-state index contributed by atoms with van der Waals surface area (Å²) in [6.07, 6.45) is 1.54. The molecule has 0 bridgehead atoms. The van der Waals surface area contributed by atoms with E-state index in [9.17, 15) is 4.79 Å². The zero-order chi connectivity index (χ0) is 18.4. The Bertz CT molecular complexity index is 903. The van der Waals surface area contributed by atoms with Crippen molar-refractivity contribution in [1.82, 2.24) is 9.97 Å². The molecule has 0 aliphatic heterocycles. The van der Waals surface area contributed by atoms with Gasteiger partial charge in [0.25, 0.3) is 5.56 Å². The van der Waals surface area contributed by atoms with Crippen molar-refractivity contribution in [1.29, 1.82) is 0 Å². The topological polar surface area (TPSA) is 67.0 Å². The summed E-state index contributed by atoms with van der Waals surface area (Å²) in [6.45, 7) is 4.63. The molecule has 134 valence electrons. The maximum absolute atomic E-state index is 12.5. The van der Waals surface area contributed by atoms with E-state index in [4.69, 9.17) is 4.74 Å². The molecule has 0 aliphatic carbocycles. The van der Waals surface area contributed by atoms with Gasteiger partial charge in [-0.2, -0.15) is 0 Å². The highest BCUT2D eigenvalue weighted by molar-refractivity contribution is 5.54. The van der Waals surface area contributed by atoms with E-state index < -0.39 is 0 Å². The molecular weight excluding hydrogens is 326 g/mol. The quantitative estimate of drug-likeness (QED) is 0.671. The summed E-state index contributed by atoms with van der Waals surface area (Å²) in [5, 5.41) is 3.14. The van der Waals surface area contributed by atoms with Gasteiger partial charge in [0.2, 0.25) is 5.95 Å². The molecule has 2 aromatic carbocycles. The first kappa shape index (κ1) is 17.7. The minimum atomic E-state index is -0.119. The van der Waals surface area contributed by atoms with Crippen LogP contribution in [-0.4, -0.2) is 16.6 Å². The first-order valence-electron chi connectivity index (χ1n) is 8.79. The molecule has 26 heavy (non-hydrogen) atoms. The molecule has 1 heterocycles. The smallest absolute Gasteiger partial charge is 0.256 e. The number of nitrogens with one attached hydrogen (secondary N) is 2. The number of anilines is 2. The fourth-order valence-electron chi connectivity index (χ4n) is 2.67. The summed E-state index contributed by atoms with van der Waals surface area (Å²) >= 11 is 0. The third-order valence-corrected chi connectivity index (χ3v) is 4.04. The van der Waals surface area contributed by atoms with Gasteiger partial charge in [0, 0.05) is 17.7 Å². The van der Waals surface area contributed by atoms with E-state index in [1.54, 1.807) is 0 Å². The van der Waals surface area contributed by atoms with E-state index >= 15 is 0 Å². The van der Waals surface area contributed by atoms with Gasteiger partial charge in [-0.25, -0.2) is 4.98 Å². The zero-order valence-corrected chi connectivity index (χ0v) is 15.1. The van der Waals surface area contributed by atoms with Crippen LogP contribution in [0.2, 0.25) is 0 Å². The number of hydrogen-bond acceptors (Lipinski definition) is 4. The lowest BCUT2D eigenvalue weighted by atomic mass is 10.1. The maximum atomic E-state index is 12.5. The molecule has 0 spiro atoms. The van der Waals surface area contributed by atoms with E-state index in [1.807, 2.05) is 61.5 Å². The number of aryl methyl sites for hydroxylation is 1. The van der Waals surface area contributed by atoms with Gasteiger partial charge in [-0.15, -0.1) is 0 Å². The second-order valence-electron chi connectivity index (χ2n) is 6.14. The minimum absolute atomic E-state index is 0.119. The molecule has 0 saturated heterocycles. The summed E-state index contributed by atoms with van der Waals surface area (Å²) in [4.78, 5) is 19.8. The highest BCUT2D eigenvalue weighted by Crippen LogP contribution is 2.18. The van der Waals surface area contributed by atoms with Gasteiger partial charge in [-0.3, -0.25) is 9.78 Å². The Morgan fingerprint density at radius 3 is 2.46 bits per heavy atom. The maximum Gasteiger partial charge on any atom is 0.256 e. The van der Waals surface area contributed by atoms with E-state index in [-0.39, 0.29) is 5.56 Å². The molecule has 0 fully saturated rings. The molecule has 1 aromatic heterocycles. The number of H-pyrrole nitrogens is 1. The SMILES string of the molecule is CCCOc1ccc(Nc2nc(C)c(Cc3ccccc3)c(=O)[nH]2)cc1. The van der Waals surface area contributed by atoms with Crippen LogP contribution in [0.5, 0.6) is 5.75 Å². The average Bonchev–Trinajstić information content (AvgIpc) is 2.65. The predicted molar refractivity (Wildman–Crippen MR) is 104 cm³/mol. The first-order chi connectivity index (χ1) is 12.7. The van der Waals surface area contributed by atoms with Crippen molar-refractivity contribution in [3.05, 3.63) is 81.8 Å². The van der Waals surface area contributed by atoms with Crippen LogP contribution in [0.15, 0.2) is 59.4 Å². The number of aromatic amines is 1. The lowest BCUT2D eigenvalue weighted by Crippen LogP contribution is -2.18. The summed E-state index contributed by atoms with van der Waals surface area (Å²) in [5.41, 5.74) is 3.22. The van der Waals surface area contributed by atoms with Crippen LogP contribution in [0.1, 0.15) is 30.2 Å². The summed E-state index contributed by atoms with van der Waals surface area (Å²) in [5.74, 6) is 1.26. The number of aromatic nitrogens is 2. The van der Waals surface area contributed by atoms with Crippen molar-refractivity contribution in [2.45, 2.75) is 26.7 Å². The highest BCUT2D eigenvalue weighted by Gasteiger charge is 2.09. The monoisotopic (exact) mass is 349 g/mol. The summed E-state index contributed by atoms with van der Waals surface area (Å²) in [6, 6.07) is 17.5. The Balaban J connectivity index is 1.74. The highest BCUT2D eigenvalue weighted by atomic mass is 16.5. The Labute approximate surface area is 153 Å². The van der Waals surface area contributed by atoms with Crippen LogP contribution in [0.4, 0.5) is 11.6 Å². The first-order valence-corrected chi connectivity index (χ1v) is 8.79. The van der Waals surface area contributed by atoms with Crippen molar-refractivity contribution < 1.29 is 4.74 Å². The lowest BCUT2D eigenvalue weighted by molar-refractivity contribution is 0.317. The number of ether oxygens (including phenoxy) is 1. The molecule has 0 saturated carbocycles. The third kappa shape index (κ3) is 4.51. The van der Waals surface area contributed by atoms with Crippen molar-refractivity contribution in [2.75, 3.05) is 11.9 Å². The van der Waals surface area contributed by atoms with E-state index in [0.717, 1.165) is 29.1 Å². The number of hydrogen-bond donors (Lipinski definition) is 2. The molecule has 0 aliphatic rings. The minimum Gasteiger partial charge on any atom is -0.494 e. The third-order valence-electron chi connectivity index (χ3n) is 4.04. The van der Waals surface area contributed by atoms with Crippen molar-refractivity contribution >= 4 is 11.6 Å². The van der Waals surface area contributed by atoms with Gasteiger partial charge in [-0.1, -0.05) is 37.3 Å². The molecule has 3 rings (SSSR count). The van der Waals surface area contributed by atoms with Crippen LogP contribution < -0.4 is 15.6 Å². The average molecular weight is 349 g/mol. The van der Waals surface area contributed by atoms with Crippen molar-refractivity contribution in [3.8, 4) is 5.75 Å². The largest absolute Gasteiger partial charge is 0.494 e. The van der Waals surface area contributed by atoms with Crippen LogP contribution in [0.25, 0.3) is 0 Å². The van der Waals surface area contributed by atoms with E-state index in [2.05, 4.69) is 22.2 Å². The summed E-state index contributed by atoms with van der Waals surface area (Å²) < 4.78 is 5.57. The van der Waals surface area contributed by atoms with Crippen molar-refractivity contribution in [2.24, 2.45) is 0 Å². The Morgan fingerprint density at radius 2 is 1.81 bits per heavy atom. The molecule has 5 nitrogen and oxygen atoms in total. The van der Waals surface area contributed by atoms with Gasteiger partial charge < -0.3 is 10.1 Å². The fraction of sp³-hybridized carbons (Fsp3) is 0.238. The van der Waals surface area contributed by atoms with E-state index in [0.29, 0.717) is 24.5 Å². The van der Waals surface area contributed by atoms with E-state index in [1.165, 1.54) is 0 Å². The Hall–Kier alpha value is -3.08. The molecule has 2 N–H and O–H groups in total. The van der Waals surface area contributed by atoms with Gasteiger partial charge in [0.15, 0.2) is 0 Å². The van der Waals surface area contributed by atoms with Crippen LogP contribution in [-0.2, 0) is 6.42 Å². The van der Waals surface area contributed by atoms with Crippen LogP contribution in [0, 0.1) is 6.92 Å². The lowest BCUT2D eigenvalue weighted by Gasteiger charge is -2.10. The van der Waals surface area contributed by atoms with Gasteiger partial charge in [0.1, 0.15) is 5.75 Å².